The number of pyridine rings is 1. The van der Waals surface area contributed by atoms with Crippen LogP contribution in [0.4, 0.5) is 0 Å². The number of hydrogen-bond acceptors (Lipinski definition) is 3. The molecule has 0 saturated heterocycles. The minimum Gasteiger partial charge on any atom is -0.491 e. The molecule has 0 spiro atoms. The number of nitrogens with zero attached hydrogens (tertiary/aromatic N) is 2. The Labute approximate surface area is 148 Å². The number of aromatic carboxylic acids is 1. The lowest BCUT2D eigenvalue weighted by Crippen LogP contribution is -2.05. The van der Waals surface area contributed by atoms with Crippen LogP contribution in [-0.4, -0.2) is 26.6 Å². The summed E-state index contributed by atoms with van der Waals surface area (Å²) in [6, 6.07) is 9.16. The van der Waals surface area contributed by atoms with Crippen LogP contribution in [0, 0.1) is 6.92 Å². The Kier molecular flexibility index (Phi) is 4.32. The van der Waals surface area contributed by atoms with Crippen LogP contribution in [0.15, 0.2) is 41.0 Å². The van der Waals surface area contributed by atoms with E-state index in [1.165, 1.54) is 0 Å². The summed E-state index contributed by atoms with van der Waals surface area (Å²) in [5.41, 5.74) is 2.92. The second kappa shape index (κ2) is 6.28. The van der Waals surface area contributed by atoms with Crippen molar-refractivity contribution in [1.82, 2.24) is 9.38 Å². The van der Waals surface area contributed by atoms with Gasteiger partial charge in [-0.05, 0) is 72.6 Å². The molecule has 0 unspecified atom stereocenters. The highest BCUT2D eigenvalue weighted by Crippen LogP contribution is 2.28. The third kappa shape index (κ3) is 3.01. The number of benzene rings is 1. The highest BCUT2D eigenvalue weighted by molar-refractivity contribution is 9.10. The lowest BCUT2D eigenvalue weighted by atomic mass is 10.1. The first kappa shape index (κ1) is 16.5. The molecule has 0 aliphatic rings. The molecule has 0 saturated carbocycles. The van der Waals surface area contributed by atoms with E-state index >= 15 is 0 Å². The molecular formula is C18H17BrN2O3. The standard InChI is InChI=1S/C18H17BrN2O3/c1-10(2)24-13-6-4-12(5-7-13)16-17(18(22)23)21-9-14(19)11(3)8-15(21)20-16/h4-10H,1-3H3,(H,22,23). The first-order valence-corrected chi connectivity index (χ1v) is 8.34. The van der Waals surface area contributed by atoms with Crippen molar-refractivity contribution in [1.29, 1.82) is 0 Å². The summed E-state index contributed by atoms with van der Waals surface area (Å²) in [4.78, 5) is 16.3. The largest absolute Gasteiger partial charge is 0.491 e. The quantitative estimate of drug-likeness (QED) is 0.711. The van der Waals surface area contributed by atoms with Crippen molar-refractivity contribution in [2.24, 2.45) is 0 Å². The summed E-state index contributed by atoms with van der Waals surface area (Å²) < 4.78 is 8.05. The van der Waals surface area contributed by atoms with E-state index in [0.29, 0.717) is 11.3 Å². The lowest BCUT2D eigenvalue weighted by Gasteiger charge is -2.09. The molecule has 0 radical (unpaired) electrons. The molecule has 0 atom stereocenters. The molecule has 0 bridgehead atoms. The molecule has 1 N–H and O–H groups in total. The number of aryl methyl sites for hydroxylation is 1. The molecule has 5 nitrogen and oxygen atoms in total. The van der Waals surface area contributed by atoms with Gasteiger partial charge >= 0.3 is 5.97 Å². The molecule has 24 heavy (non-hydrogen) atoms. The molecule has 2 aromatic heterocycles. The smallest absolute Gasteiger partial charge is 0.355 e. The maximum absolute atomic E-state index is 11.8. The van der Waals surface area contributed by atoms with Gasteiger partial charge in [0.25, 0.3) is 0 Å². The van der Waals surface area contributed by atoms with Crippen molar-refractivity contribution >= 4 is 27.5 Å². The molecule has 1 aromatic carbocycles. The highest BCUT2D eigenvalue weighted by atomic mass is 79.9. The van der Waals surface area contributed by atoms with E-state index in [-0.39, 0.29) is 11.8 Å². The third-order valence-electron chi connectivity index (χ3n) is 3.61. The van der Waals surface area contributed by atoms with Gasteiger partial charge in [-0.15, -0.1) is 0 Å². The zero-order valence-corrected chi connectivity index (χ0v) is 15.2. The fraction of sp³-hybridized carbons (Fsp3) is 0.222. The van der Waals surface area contributed by atoms with Gasteiger partial charge in [0, 0.05) is 16.2 Å². The maximum Gasteiger partial charge on any atom is 0.355 e. The van der Waals surface area contributed by atoms with Crippen molar-refractivity contribution in [3.63, 3.8) is 0 Å². The summed E-state index contributed by atoms with van der Waals surface area (Å²) in [6.45, 7) is 5.86. The second-order valence-corrected chi connectivity index (χ2v) is 6.69. The molecule has 0 amide bonds. The topological polar surface area (TPSA) is 63.8 Å². The average Bonchev–Trinajstić information content (AvgIpc) is 2.86. The summed E-state index contributed by atoms with van der Waals surface area (Å²) >= 11 is 3.44. The van der Waals surface area contributed by atoms with Gasteiger partial charge < -0.3 is 9.84 Å². The number of rotatable bonds is 4. The van der Waals surface area contributed by atoms with Gasteiger partial charge in [0.15, 0.2) is 5.69 Å². The molecule has 0 fully saturated rings. The molecule has 3 rings (SSSR count). The van der Waals surface area contributed by atoms with Crippen LogP contribution in [-0.2, 0) is 0 Å². The second-order valence-electron chi connectivity index (χ2n) is 5.84. The number of aromatic nitrogens is 2. The van der Waals surface area contributed by atoms with Crippen LogP contribution in [0.3, 0.4) is 0 Å². The number of carboxylic acids is 1. The van der Waals surface area contributed by atoms with Gasteiger partial charge in [-0.1, -0.05) is 0 Å². The Morgan fingerprint density at radius 1 is 1.29 bits per heavy atom. The van der Waals surface area contributed by atoms with Crippen molar-refractivity contribution < 1.29 is 14.6 Å². The van der Waals surface area contributed by atoms with Gasteiger partial charge in [0.1, 0.15) is 17.1 Å². The fourth-order valence-electron chi connectivity index (χ4n) is 2.53. The van der Waals surface area contributed by atoms with Crippen molar-refractivity contribution in [2.45, 2.75) is 26.9 Å². The van der Waals surface area contributed by atoms with Crippen molar-refractivity contribution in [3.05, 3.63) is 52.3 Å². The predicted octanol–water partition coefficient (Wildman–Crippen LogP) is 4.56. The Morgan fingerprint density at radius 2 is 1.96 bits per heavy atom. The van der Waals surface area contributed by atoms with Crippen LogP contribution >= 0.6 is 15.9 Å². The summed E-state index contributed by atoms with van der Waals surface area (Å²) in [6.07, 6.45) is 1.82. The zero-order valence-electron chi connectivity index (χ0n) is 13.6. The Morgan fingerprint density at radius 3 is 2.54 bits per heavy atom. The number of imidazole rings is 1. The van der Waals surface area contributed by atoms with Crippen LogP contribution in [0.5, 0.6) is 5.75 Å². The highest BCUT2D eigenvalue weighted by Gasteiger charge is 2.20. The third-order valence-corrected chi connectivity index (χ3v) is 4.44. The van der Waals surface area contributed by atoms with Crippen LogP contribution < -0.4 is 4.74 Å². The summed E-state index contributed by atoms with van der Waals surface area (Å²) in [5, 5.41) is 9.65. The first-order chi connectivity index (χ1) is 11.4. The van der Waals surface area contributed by atoms with E-state index in [4.69, 9.17) is 4.74 Å². The normalized spacial score (nSPS) is 11.2. The number of hydrogen-bond donors (Lipinski definition) is 1. The van der Waals surface area contributed by atoms with Crippen molar-refractivity contribution in [2.75, 3.05) is 0 Å². The van der Waals surface area contributed by atoms with Gasteiger partial charge in [-0.2, -0.15) is 0 Å². The van der Waals surface area contributed by atoms with Crippen LogP contribution in [0.25, 0.3) is 16.9 Å². The molecule has 0 aliphatic heterocycles. The maximum atomic E-state index is 11.8. The number of halogens is 1. The van der Waals surface area contributed by atoms with Gasteiger partial charge in [0.2, 0.25) is 0 Å². The molecule has 2 heterocycles. The number of carbonyl (C=O) groups is 1. The predicted molar refractivity (Wildman–Crippen MR) is 95.8 cm³/mol. The fourth-order valence-corrected chi connectivity index (χ4v) is 2.85. The summed E-state index contributed by atoms with van der Waals surface area (Å²) in [7, 11) is 0. The molecule has 3 aromatic rings. The van der Waals surface area contributed by atoms with E-state index in [2.05, 4.69) is 20.9 Å². The number of ether oxygens (including phenoxy) is 1. The van der Waals surface area contributed by atoms with Crippen LogP contribution in [0.2, 0.25) is 0 Å². The molecule has 6 heteroatoms. The zero-order chi connectivity index (χ0) is 17.4. The number of fused-ring (bicyclic) bond motifs is 1. The Hall–Kier alpha value is -2.34. The van der Waals surface area contributed by atoms with E-state index < -0.39 is 5.97 Å². The van der Waals surface area contributed by atoms with Crippen molar-refractivity contribution in [3.8, 4) is 17.0 Å². The van der Waals surface area contributed by atoms with Gasteiger partial charge in [-0.3, -0.25) is 4.40 Å². The average molecular weight is 389 g/mol. The SMILES string of the molecule is Cc1cc2nc(-c3ccc(OC(C)C)cc3)c(C(=O)O)n2cc1Br. The van der Waals surface area contributed by atoms with Crippen LogP contribution in [0.1, 0.15) is 29.9 Å². The minimum absolute atomic E-state index is 0.0842. The molecule has 124 valence electrons. The minimum atomic E-state index is -1.02. The molecular weight excluding hydrogens is 372 g/mol. The van der Waals surface area contributed by atoms with E-state index in [1.807, 2.05) is 51.1 Å². The summed E-state index contributed by atoms with van der Waals surface area (Å²) in [5.74, 6) is -0.274. The van der Waals surface area contributed by atoms with E-state index in [0.717, 1.165) is 21.3 Å². The Bertz CT molecular complexity index is 914. The van der Waals surface area contributed by atoms with Gasteiger partial charge in [-0.25, -0.2) is 9.78 Å². The Balaban J connectivity index is 2.15. The van der Waals surface area contributed by atoms with E-state index in [1.54, 1.807) is 10.6 Å². The van der Waals surface area contributed by atoms with E-state index in [9.17, 15) is 9.90 Å². The lowest BCUT2D eigenvalue weighted by molar-refractivity contribution is 0.0690. The first-order valence-electron chi connectivity index (χ1n) is 7.55. The van der Waals surface area contributed by atoms with Gasteiger partial charge in [0.05, 0.1) is 6.10 Å². The monoisotopic (exact) mass is 388 g/mol. The number of carboxylic acid groups (broad SMARTS) is 1. The molecule has 0 aliphatic carbocycles.